The molecule has 1 N–H and O–H groups in total. The van der Waals surface area contributed by atoms with Gasteiger partial charge < -0.3 is 5.32 Å². The average molecular weight is 251 g/mol. The van der Waals surface area contributed by atoms with Crippen LogP contribution in [0.25, 0.3) is 0 Å². The molecule has 0 amide bonds. The zero-order valence-electron chi connectivity index (χ0n) is 9.96. The Balaban J connectivity index is 1.60. The van der Waals surface area contributed by atoms with Crippen LogP contribution in [0.1, 0.15) is 24.0 Å². The Bertz CT molecular complexity index is 423. The molecule has 2 rings (SSSR count). The van der Waals surface area contributed by atoms with E-state index < -0.39 is 0 Å². The maximum atomic E-state index is 4.50. The second kappa shape index (κ2) is 6.46. The Labute approximate surface area is 105 Å². The second-order valence-corrected chi connectivity index (χ2v) is 4.73. The van der Waals surface area contributed by atoms with Crippen molar-refractivity contribution in [2.45, 2.75) is 32.9 Å². The van der Waals surface area contributed by atoms with Crippen LogP contribution < -0.4 is 5.32 Å². The number of nitrogens with one attached hydrogen (secondary N) is 1. The van der Waals surface area contributed by atoms with Crippen molar-refractivity contribution in [3.8, 4) is 0 Å². The fourth-order valence-electron chi connectivity index (χ4n) is 1.53. The van der Waals surface area contributed by atoms with Crippen molar-refractivity contribution >= 4 is 11.3 Å². The molecule has 0 saturated heterocycles. The maximum absolute atomic E-state index is 4.50. The van der Waals surface area contributed by atoms with Crippen LogP contribution in [0.3, 0.4) is 0 Å². The summed E-state index contributed by atoms with van der Waals surface area (Å²) in [7, 11) is 0. The first kappa shape index (κ1) is 12.2. The van der Waals surface area contributed by atoms with Gasteiger partial charge in [-0.15, -0.1) is 16.4 Å². The van der Waals surface area contributed by atoms with E-state index in [9.17, 15) is 0 Å². The lowest BCUT2D eigenvalue weighted by atomic mass is 10.4. The van der Waals surface area contributed by atoms with E-state index in [1.165, 1.54) is 5.01 Å². The predicted molar refractivity (Wildman–Crippen MR) is 67.8 cm³/mol. The highest BCUT2D eigenvalue weighted by molar-refractivity contribution is 7.09. The molecule has 0 aliphatic carbocycles. The molecule has 0 atom stereocenters. The van der Waals surface area contributed by atoms with Crippen molar-refractivity contribution in [2.75, 3.05) is 6.54 Å². The van der Waals surface area contributed by atoms with Crippen LogP contribution in [0, 0.1) is 0 Å². The molecule has 2 aromatic heterocycles. The Morgan fingerprint density at radius 1 is 1.47 bits per heavy atom. The summed E-state index contributed by atoms with van der Waals surface area (Å²) < 4.78 is 1.85. The van der Waals surface area contributed by atoms with Gasteiger partial charge in [0.2, 0.25) is 0 Å². The van der Waals surface area contributed by atoms with Crippen molar-refractivity contribution in [1.29, 1.82) is 0 Å². The number of rotatable bonds is 7. The molecule has 0 aromatic carbocycles. The quantitative estimate of drug-likeness (QED) is 0.757. The minimum absolute atomic E-state index is 0.855. The van der Waals surface area contributed by atoms with Crippen molar-refractivity contribution < 1.29 is 0 Å². The highest BCUT2D eigenvalue weighted by atomic mass is 32.1. The molecular weight excluding hydrogens is 234 g/mol. The fraction of sp³-hybridized carbons (Fsp3) is 0.545. The molecule has 0 aliphatic rings. The summed E-state index contributed by atoms with van der Waals surface area (Å²) in [5, 5.41) is 14.4. The topological polar surface area (TPSA) is 55.6 Å². The lowest BCUT2D eigenvalue weighted by Crippen LogP contribution is -2.17. The Morgan fingerprint density at radius 3 is 3.12 bits per heavy atom. The third-order valence-electron chi connectivity index (χ3n) is 2.42. The van der Waals surface area contributed by atoms with Crippen LogP contribution in [0.5, 0.6) is 0 Å². The van der Waals surface area contributed by atoms with Gasteiger partial charge in [0.05, 0.1) is 16.9 Å². The molecule has 2 heterocycles. The number of hydrogen-bond acceptors (Lipinski definition) is 5. The molecule has 92 valence electrons. The first-order valence-electron chi connectivity index (χ1n) is 5.86. The summed E-state index contributed by atoms with van der Waals surface area (Å²) in [5.41, 5.74) is 1.15. The van der Waals surface area contributed by atoms with Gasteiger partial charge in [0.25, 0.3) is 0 Å². The highest BCUT2D eigenvalue weighted by Crippen LogP contribution is 2.09. The zero-order valence-corrected chi connectivity index (χ0v) is 10.8. The van der Waals surface area contributed by atoms with E-state index in [0.717, 1.165) is 38.2 Å². The summed E-state index contributed by atoms with van der Waals surface area (Å²) in [6.07, 6.45) is 5.66. The van der Waals surface area contributed by atoms with Crippen molar-refractivity contribution in [1.82, 2.24) is 25.3 Å². The summed E-state index contributed by atoms with van der Waals surface area (Å²) in [6.45, 7) is 4.87. The maximum Gasteiger partial charge on any atom is 0.0926 e. The van der Waals surface area contributed by atoms with E-state index in [1.54, 1.807) is 17.5 Å². The van der Waals surface area contributed by atoms with E-state index in [2.05, 4.69) is 32.9 Å². The van der Waals surface area contributed by atoms with Crippen molar-refractivity contribution in [3.63, 3.8) is 0 Å². The van der Waals surface area contributed by atoms with Gasteiger partial charge >= 0.3 is 0 Å². The molecular formula is C11H17N5S. The van der Waals surface area contributed by atoms with E-state index in [0.29, 0.717) is 0 Å². The molecule has 0 fully saturated rings. The highest BCUT2D eigenvalue weighted by Gasteiger charge is 1.99. The summed E-state index contributed by atoms with van der Waals surface area (Å²) in [6, 6.07) is 0. The number of aryl methyl sites for hydroxylation is 2. The van der Waals surface area contributed by atoms with E-state index in [-0.39, 0.29) is 0 Å². The minimum Gasteiger partial charge on any atom is -0.311 e. The number of thiazole rings is 1. The van der Waals surface area contributed by atoms with Crippen LogP contribution >= 0.6 is 11.3 Å². The van der Waals surface area contributed by atoms with E-state index >= 15 is 0 Å². The first-order valence-corrected chi connectivity index (χ1v) is 6.74. The molecule has 0 aliphatic heterocycles. The van der Waals surface area contributed by atoms with Gasteiger partial charge in [-0.3, -0.25) is 4.68 Å². The van der Waals surface area contributed by atoms with Gasteiger partial charge in [0.15, 0.2) is 0 Å². The Morgan fingerprint density at radius 2 is 2.41 bits per heavy atom. The minimum atomic E-state index is 0.855. The van der Waals surface area contributed by atoms with Crippen molar-refractivity contribution in [3.05, 3.63) is 28.5 Å². The van der Waals surface area contributed by atoms with Crippen LogP contribution in [0.15, 0.2) is 17.8 Å². The molecule has 17 heavy (non-hydrogen) atoms. The summed E-state index contributed by atoms with van der Waals surface area (Å²) in [5.74, 6) is 0. The SMILES string of the molecule is CCc1nc(CNCCCn2ccnn2)cs1. The molecule has 2 aromatic rings. The summed E-state index contributed by atoms with van der Waals surface area (Å²) >= 11 is 1.74. The molecule has 5 nitrogen and oxygen atoms in total. The molecule has 0 bridgehead atoms. The standard InChI is InChI=1S/C11H17N5S/c1-2-11-14-10(9-17-11)8-12-4-3-6-16-7-5-13-15-16/h5,7,9,12H,2-4,6,8H2,1H3. The molecule has 0 saturated carbocycles. The van der Waals surface area contributed by atoms with Gasteiger partial charge in [-0.2, -0.15) is 0 Å². The van der Waals surface area contributed by atoms with Gasteiger partial charge in [0.1, 0.15) is 0 Å². The molecule has 0 unspecified atom stereocenters. The smallest absolute Gasteiger partial charge is 0.0926 e. The number of aromatic nitrogens is 4. The lowest BCUT2D eigenvalue weighted by Gasteiger charge is -2.02. The molecule has 0 spiro atoms. The number of hydrogen-bond donors (Lipinski definition) is 1. The normalized spacial score (nSPS) is 10.9. The Hall–Kier alpha value is -1.27. The van der Waals surface area contributed by atoms with Gasteiger partial charge in [-0.1, -0.05) is 12.1 Å². The monoisotopic (exact) mass is 251 g/mol. The molecule has 0 radical (unpaired) electrons. The number of nitrogens with zero attached hydrogens (tertiary/aromatic N) is 4. The van der Waals surface area contributed by atoms with Crippen LogP contribution in [-0.2, 0) is 19.5 Å². The van der Waals surface area contributed by atoms with Gasteiger partial charge in [-0.25, -0.2) is 4.98 Å². The first-order chi connectivity index (χ1) is 8.38. The van der Waals surface area contributed by atoms with Crippen LogP contribution in [-0.4, -0.2) is 26.5 Å². The van der Waals surface area contributed by atoms with E-state index in [4.69, 9.17) is 0 Å². The van der Waals surface area contributed by atoms with Crippen molar-refractivity contribution in [2.24, 2.45) is 0 Å². The largest absolute Gasteiger partial charge is 0.311 e. The lowest BCUT2D eigenvalue weighted by molar-refractivity contribution is 0.528. The van der Waals surface area contributed by atoms with Gasteiger partial charge in [0, 0.05) is 24.7 Å². The third-order valence-corrected chi connectivity index (χ3v) is 3.46. The van der Waals surface area contributed by atoms with Crippen LogP contribution in [0.2, 0.25) is 0 Å². The van der Waals surface area contributed by atoms with E-state index in [1.807, 2.05) is 10.9 Å². The average Bonchev–Trinajstić information content (AvgIpc) is 2.99. The zero-order chi connectivity index (χ0) is 11.9. The predicted octanol–water partition coefficient (Wildman–Crippen LogP) is 1.48. The third kappa shape index (κ3) is 3.90. The fourth-order valence-corrected chi connectivity index (χ4v) is 2.27. The Kier molecular flexibility index (Phi) is 4.63. The molecule has 6 heteroatoms. The van der Waals surface area contributed by atoms with Gasteiger partial charge in [-0.05, 0) is 19.4 Å². The second-order valence-electron chi connectivity index (χ2n) is 3.78. The summed E-state index contributed by atoms with van der Waals surface area (Å²) in [4.78, 5) is 4.50. The van der Waals surface area contributed by atoms with Crippen LogP contribution in [0.4, 0.5) is 0 Å².